The first-order valence-corrected chi connectivity index (χ1v) is 5.49. The molecule has 1 aromatic carbocycles. The van der Waals surface area contributed by atoms with Crippen LogP contribution in [0.25, 0.3) is 5.76 Å². The minimum absolute atomic E-state index is 0.249. The molecule has 0 unspecified atom stereocenters. The monoisotopic (exact) mass is 211 g/mol. The molecule has 0 bridgehead atoms. The molecule has 0 fully saturated rings. The van der Waals surface area contributed by atoms with Crippen molar-refractivity contribution in [1.29, 1.82) is 0 Å². The maximum absolute atomic E-state index is 11.5. The first-order chi connectivity index (χ1) is 6.65. The zero-order chi connectivity index (χ0) is 10.2. The van der Waals surface area contributed by atoms with Gasteiger partial charge < -0.3 is 4.74 Å². The standard InChI is InChI=1S/C9H9NO3S/c1-13-8-6-10-14(11,12)9-5-3-2-4-7(8)9/h2-6,10H,1H3. The highest BCUT2D eigenvalue weighted by Gasteiger charge is 2.23. The number of fused-ring (bicyclic) bond motifs is 1. The third kappa shape index (κ3) is 1.26. The lowest BCUT2D eigenvalue weighted by molar-refractivity contribution is 0.366. The van der Waals surface area contributed by atoms with Crippen LogP contribution >= 0.6 is 0 Å². The van der Waals surface area contributed by atoms with Crippen LogP contribution in [0.2, 0.25) is 0 Å². The van der Waals surface area contributed by atoms with Crippen molar-refractivity contribution in [3.05, 3.63) is 36.0 Å². The fourth-order valence-corrected chi connectivity index (χ4v) is 2.45. The second kappa shape index (κ2) is 3.02. The molecule has 2 rings (SSSR count). The Labute approximate surface area is 82.3 Å². The van der Waals surface area contributed by atoms with Crippen molar-refractivity contribution in [3.8, 4) is 0 Å². The van der Waals surface area contributed by atoms with Crippen LogP contribution in [0.1, 0.15) is 5.56 Å². The SMILES string of the molecule is COC1=CNS(=O)(=O)c2ccccc21. The second-order valence-electron chi connectivity index (χ2n) is 2.83. The first kappa shape index (κ1) is 9.08. The summed E-state index contributed by atoms with van der Waals surface area (Å²) in [6.07, 6.45) is 1.34. The fourth-order valence-electron chi connectivity index (χ4n) is 1.35. The lowest BCUT2D eigenvalue weighted by Gasteiger charge is -2.17. The summed E-state index contributed by atoms with van der Waals surface area (Å²) in [5.74, 6) is 0.524. The van der Waals surface area contributed by atoms with Crippen LogP contribution in [0.4, 0.5) is 0 Å². The summed E-state index contributed by atoms with van der Waals surface area (Å²) in [5, 5.41) is 0. The van der Waals surface area contributed by atoms with E-state index in [0.29, 0.717) is 11.3 Å². The van der Waals surface area contributed by atoms with Crippen LogP contribution in [0, 0.1) is 0 Å². The summed E-state index contributed by atoms with van der Waals surface area (Å²) < 4.78 is 30.4. The van der Waals surface area contributed by atoms with E-state index in [0.717, 1.165) is 0 Å². The Morgan fingerprint density at radius 1 is 1.29 bits per heavy atom. The van der Waals surface area contributed by atoms with Gasteiger partial charge in [0.15, 0.2) is 0 Å². The van der Waals surface area contributed by atoms with E-state index in [9.17, 15) is 8.42 Å². The van der Waals surface area contributed by atoms with Gasteiger partial charge in [0.25, 0.3) is 10.0 Å². The van der Waals surface area contributed by atoms with Crippen molar-refractivity contribution in [2.24, 2.45) is 0 Å². The highest BCUT2D eigenvalue weighted by atomic mass is 32.2. The smallest absolute Gasteiger partial charge is 0.262 e. The van der Waals surface area contributed by atoms with Gasteiger partial charge in [-0.05, 0) is 12.1 Å². The van der Waals surface area contributed by atoms with Crippen LogP contribution in [0.15, 0.2) is 35.4 Å². The second-order valence-corrected chi connectivity index (χ2v) is 4.51. The molecule has 1 aliphatic heterocycles. The zero-order valence-corrected chi connectivity index (χ0v) is 8.34. The number of hydrogen-bond donors (Lipinski definition) is 1. The minimum Gasteiger partial charge on any atom is -0.495 e. The highest BCUT2D eigenvalue weighted by Crippen LogP contribution is 2.26. The van der Waals surface area contributed by atoms with Crippen molar-refractivity contribution >= 4 is 15.8 Å². The van der Waals surface area contributed by atoms with E-state index < -0.39 is 10.0 Å². The molecule has 1 aliphatic rings. The van der Waals surface area contributed by atoms with Crippen molar-refractivity contribution in [1.82, 2.24) is 4.72 Å². The molecule has 4 nitrogen and oxygen atoms in total. The van der Waals surface area contributed by atoms with Crippen LogP contribution in [-0.2, 0) is 14.8 Å². The molecule has 0 atom stereocenters. The van der Waals surface area contributed by atoms with E-state index in [1.807, 2.05) is 0 Å². The Morgan fingerprint density at radius 3 is 2.71 bits per heavy atom. The maximum Gasteiger partial charge on any atom is 0.262 e. The zero-order valence-electron chi connectivity index (χ0n) is 7.52. The predicted molar refractivity (Wildman–Crippen MR) is 51.7 cm³/mol. The van der Waals surface area contributed by atoms with Gasteiger partial charge in [0.05, 0.1) is 18.2 Å². The molecule has 1 heterocycles. The highest BCUT2D eigenvalue weighted by molar-refractivity contribution is 7.89. The quantitative estimate of drug-likeness (QED) is 0.751. The van der Waals surface area contributed by atoms with Gasteiger partial charge in [-0.1, -0.05) is 12.1 Å². The van der Waals surface area contributed by atoms with Crippen LogP contribution in [0.5, 0.6) is 0 Å². The summed E-state index contributed by atoms with van der Waals surface area (Å²) in [6.45, 7) is 0. The van der Waals surface area contributed by atoms with Gasteiger partial charge in [0, 0.05) is 5.56 Å². The minimum atomic E-state index is -3.39. The molecular weight excluding hydrogens is 202 g/mol. The summed E-state index contributed by atoms with van der Waals surface area (Å²) in [5.41, 5.74) is 0.591. The topological polar surface area (TPSA) is 55.4 Å². The summed E-state index contributed by atoms with van der Waals surface area (Å²) in [6, 6.07) is 6.70. The Kier molecular flexibility index (Phi) is 1.96. The number of rotatable bonds is 1. The lowest BCUT2D eigenvalue weighted by Crippen LogP contribution is -2.23. The summed E-state index contributed by atoms with van der Waals surface area (Å²) in [4.78, 5) is 0.249. The Morgan fingerprint density at radius 2 is 2.00 bits per heavy atom. The van der Waals surface area contributed by atoms with E-state index in [-0.39, 0.29) is 4.90 Å². The third-order valence-corrected chi connectivity index (χ3v) is 3.37. The predicted octanol–water partition coefficient (Wildman–Crippen LogP) is 0.923. The largest absolute Gasteiger partial charge is 0.495 e. The molecule has 0 amide bonds. The van der Waals surface area contributed by atoms with E-state index in [1.165, 1.54) is 13.3 Å². The number of sulfonamides is 1. The summed E-state index contributed by atoms with van der Waals surface area (Å²) in [7, 11) is -1.89. The van der Waals surface area contributed by atoms with Gasteiger partial charge in [0.2, 0.25) is 0 Å². The fraction of sp³-hybridized carbons (Fsp3) is 0.111. The van der Waals surface area contributed by atoms with E-state index in [1.54, 1.807) is 24.3 Å². The number of methoxy groups -OCH3 is 1. The molecule has 0 aromatic heterocycles. The van der Waals surface area contributed by atoms with E-state index >= 15 is 0 Å². The molecule has 14 heavy (non-hydrogen) atoms. The molecule has 0 saturated heterocycles. The number of nitrogens with one attached hydrogen (secondary N) is 1. The van der Waals surface area contributed by atoms with E-state index in [2.05, 4.69) is 4.72 Å². The van der Waals surface area contributed by atoms with Crippen molar-refractivity contribution < 1.29 is 13.2 Å². The van der Waals surface area contributed by atoms with Gasteiger partial charge >= 0.3 is 0 Å². The molecule has 0 saturated carbocycles. The van der Waals surface area contributed by atoms with Crippen LogP contribution in [-0.4, -0.2) is 15.5 Å². The van der Waals surface area contributed by atoms with Gasteiger partial charge in [-0.3, -0.25) is 4.72 Å². The normalized spacial score (nSPS) is 17.6. The Balaban J connectivity index is 2.71. The molecule has 1 aromatic rings. The molecule has 0 spiro atoms. The molecular formula is C9H9NO3S. The van der Waals surface area contributed by atoms with Gasteiger partial charge in [-0.25, -0.2) is 8.42 Å². The Hall–Kier alpha value is -1.49. The van der Waals surface area contributed by atoms with Gasteiger partial charge in [0.1, 0.15) is 5.76 Å². The molecule has 74 valence electrons. The van der Waals surface area contributed by atoms with Gasteiger partial charge in [-0.15, -0.1) is 0 Å². The number of hydrogen-bond acceptors (Lipinski definition) is 3. The average molecular weight is 211 g/mol. The molecule has 0 aliphatic carbocycles. The molecule has 1 N–H and O–H groups in total. The lowest BCUT2D eigenvalue weighted by atomic mass is 10.2. The first-order valence-electron chi connectivity index (χ1n) is 4.01. The number of ether oxygens (including phenoxy) is 1. The van der Waals surface area contributed by atoms with Crippen LogP contribution in [0.3, 0.4) is 0 Å². The summed E-state index contributed by atoms with van der Waals surface area (Å²) >= 11 is 0. The van der Waals surface area contributed by atoms with Crippen molar-refractivity contribution in [3.63, 3.8) is 0 Å². The van der Waals surface area contributed by atoms with Crippen molar-refractivity contribution in [2.75, 3.05) is 7.11 Å². The van der Waals surface area contributed by atoms with E-state index in [4.69, 9.17) is 4.74 Å². The Bertz CT molecular complexity index is 491. The molecule has 5 heteroatoms. The third-order valence-electron chi connectivity index (χ3n) is 2.01. The maximum atomic E-state index is 11.5. The van der Waals surface area contributed by atoms with Crippen molar-refractivity contribution in [2.45, 2.75) is 4.90 Å². The average Bonchev–Trinajstić information content (AvgIpc) is 2.18. The number of benzene rings is 1. The van der Waals surface area contributed by atoms with Gasteiger partial charge in [-0.2, -0.15) is 0 Å². The van der Waals surface area contributed by atoms with Crippen LogP contribution < -0.4 is 4.72 Å². The molecule has 0 radical (unpaired) electrons.